The fraction of sp³-hybridized carbons (Fsp3) is 0.143. The van der Waals surface area contributed by atoms with Crippen molar-refractivity contribution in [2.75, 3.05) is 14.1 Å². The van der Waals surface area contributed by atoms with Gasteiger partial charge in [0.05, 0.1) is 0 Å². The van der Waals surface area contributed by atoms with E-state index in [-0.39, 0.29) is 5.57 Å². The lowest BCUT2D eigenvalue weighted by Crippen LogP contribution is -2.24. The maximum atomic E-state index is 11.1. The van der Waals surface area contributed by atoms with E-state index in [9.17, 15) is 4.79 Å². The van der Waals surface area contributed by atoms with Crippen LogP contribution in [0.4, 0.5) is 0 Å². The van der Waals surface area contributed by atoms with Crippen molar-refractivity contribution < 1.29 is 9.21 Å². The largest absolute Gasteiger partial charge is 0.457 e. The van der Waals surface area contributed by atoms with Gasteiger partial charge in [-0.15, -0.1) is 0 Å². The number of amides is 1. The number of primary amides is 1. The Morgan fingerprint density at radius 2 is 2.04 bits per heavy atom. The van der Waals surface area contributed by atoms with Gasteiger partial charge in [0.2, 0.25) is 0 Å². The van der Waals surface area contributed by atoms with Crippen LogP contribution in [0.5, 0.6) is 0 Å². The molecule has 2 aromatic rings. The molecule has 0 saturated carbocycles. The van der Waals surface area contributed by atoms with Gasteiger partial charge in [-0.05, 0) is 41.6 Å². The molecule has 0 spiro atoms. The molecule has 0 fully saturated rings. The van der Waals surface area contributed by atoms with Crippen molar-refractivity contribution in [1.29, 1.82) is 5.26 Å². The van der Waals surface area contributed by atoms with Crippen LogP contribution < -0.4 is 16.2 Å². The highest BCUT2D eigenvalue weighted by molar-refractivity contribution is 6.00. The second-order valence-electron chi connectivity index (χ2n) is 5.90. The van der Waals surface area contributed by atoms with Gasteiger partial charge < -0.3 is 15.1 Å². The van der Waals surface area contributed by atoms with Crippen LogP contribution >= 0.6 is 0 Å². The van der Waals surface area contributed by atoms with Crippen LogP contribution in [0.2, 0.25) is 0 Å². The standard InChI is InChI=1S/C21H21N3O2/c1-5-18(24(3)4)11-15-6-7-16(10-14(15)2)20-9-8-19(26-20)12-17(13-22)21(23)25/h5-12H,2H2,1,3-4H3,(H2,23,25)/b15-11-,17-12+,18-5+. The van der Waals surface area contributed by atoms with Crippen molar-refractivity contribution >= 4 is 24.6 Å². The minimum Gasteiger partial charge on any atom is -0.457 e. The molecule has 0 saturated heterocycles. The Morgan fingerprint density at radius 1 is 1.31 bits per heavy atom. The minimum atomic E-state index is -0.786. The molecule has 132 valence electrons. The first-order valence-corrected chi connectivity index (χ1v) is 8.02. The molecule has 2 N–H and O–H groups in total. The molecule has 0 bridgehead atoms. The van der Waals surface area contributed by atoms with Gasteiger partial charge in [-0.25, -0.2) is 0 Å². The van der Waals surface area contributed by atoms with E-state index in [4.69, 9.17) is 15.4 Å². The first-order chi connectivity index (χ1) is 12.3. The van der Waals surface area contributed by atoms with Crippen LogP contribution in [0.25, 0.3) is 30.1 Å². The van der Waals surface area contributed by atoms with Crippen molar-refractivity contribution in [3.05, 3.63) is 63.9 Å². The van der Waals surface area contributed by atoms with Crippen LogP contribution in [-0.2, 0) is 4.79 Å². The fourth-order valence-corrected chi connectivity index (χ4v) is 2.42. The topological polar surface area (TPSA) is 83.3 Å². The molecule has 1 aromatic carbocycles. The number of carbonyl (C=O) groups is 1. The van der Waals surface area contributed by atoms with E-state index in [1.165, 1.54) is 6.08 Å². The average molecular weight is 347 g/mol. The summed E-state index contributed by atoms with van der Waals surface area (Å²) in [5.41, 5.74) is 6.92. The number of benzene rings is 1. The second kappa shape index (κ2) is 8.04. The first-order valence-electron chi connectivity index (χ1n) is 8.02. The highest BCUT2D eigenvalue weighted by atomic mass is 16.3. The summed E-state index contributed by atoms with van der Waals surface area (Å²) in [7, 11) is 3.98. The number of nitrogens with two attached hydrogens (primary N) is 1. The lowest BCUT2D eigenvalue weighted by molar-refractivity contribution is -0.114. The zero-order chi connectivity index (χ0) is 19.3. The zero-order valence-corrected chi connectivity index (χ0v) is 15.1. The van der Waals surface area contributed by atoms with E-state index in [1.807, 2.05) is 50.2 Å². The highest BCUT2D eigenvalue weighted by Gasteiger charge is 2.08. The van der Waals surface area contributed by atoms with E-state index in [1.54, 1.807) is 18.2 Å². The molecule has 1 aromatic heterocycles. The van der Waals surface area contributed by atoms with Crippen LogP contribution in [0.3, 0.4) is 0 Å². The third kappa shape index (κ3) is 4.31. The van der Waals surface area contributed by atoms with E-state index in [0.717, 1.165) is 21.7 Å². The Hall–Kier alpha value is -3.52. The average Bonchev–Trinajstić information content (AvgIpc) is 3.06. The smallest absolute Gasteiger partial charge is 0.259 e. The highest BCUT2D eigenvalue weighted by Crippen LogP contribution is 2.21. The molecule has 1 heterocycles. The summed E-state index contributed by atoms with van der Waals surface area (Å²) < 4.78 is 5.69. The van der Waals surface area contributed by atoms with E-state index in [0.29, 0.717) is 11.5 Å². The van der Waals surface area contributed by atoms with Crippen molar-refractivity contribution in [3.63, 3.8) is 0 Å². The summed E-state index contributed by atoms with van der Waals surface area (Å²) in [5.74, 6) is 0.222. The molecule has 26 heavy (non-hydrogen) atoms. The number of nitriles is 1. The number of hydrogen-bond acceptors (Lipinski definition) is 4. The summed E-state index contributed by atoms with van der Waals surface area (Å²) in [6.45, 7) is 6.10. The molecule has 0 radical (unpaired) electrons. The number of allylic oxidation sites excluding steroid dienone is 2. The predicted octanol–water partition coefficient (Wildman–Crippen LogP) is 2.00. The summed E-state index contributed by atoms with van der Waals surface area (Å²) in [6, 6.07) is 11.1. The maximum absolute atomic E-state index is 11.1. The number of rotatable bonds is 5. The molecule has 5 heteroatoms. The van der Waals surface area contributed by atoms with E-state index in [2.05, 4.69) is 12.7 Å². The molecular weight excluding hydrogens is 326 g/mol. The predicted molar refractivity (Wildman–Crippen MR) is 104 cm³/mol. The molecule has 1 amide bonds. The van der Waals surface area contributed by atoms with Crippen LogP contribution in [0.15, 0.2) is 52.1 Å². The van der Waals surface area contributed by atoms with Crippen molar-refractivity contribution in [2.24, 2.45) is 5.73 Å². The lowest BCUT2D eigenvalue weighted by Gasteiger charge is -2.12. The number of carbonyl (C=O) groups excluding carboxylic acids is 1. The quantitative estimate of drug-likeness (QED) is 0.662. The molecule has 0 atom stereocenters. The van der Waals surface area contributed by atoms with Crippen molar-refractivity contribution in [2.45, 2.75) is 6.92 Å². The third-order valence-electron chi connectivity index (χ3n) is 3.84. The van der Waals surface area contributed by atoms with Crippen LogP contribution in [0, 0.1) is 11.3 Å². The Kier molecular flexibility index (Phi) is 5.82. The number of nitrogens with zero attached hydrogens (tertiary/aromatic N) is 2. The molecule has 2 rings (SSSR count). The van der Waals surface area contributed by atoms with Gasteiger partial charge in [0.25, 0.3) is 5.91 Å². The normalized spacial score (nSPS) is 12.8. The van der Waals surface area contributed by atoms with Gasteiger partial charge in [0.1, 0.15) is 23.2 Å². The summed E-state index contributed by atoms with van der Waals surface area (Å²) in [4.78, 5) is 13.2. The molecular formula is C21H21N3O2. The Morgan fingerprint density at radius 3 is 2.58 bits per heavy atom. The number of furan rings is 1. The maximum Gasteiger partial charge on any atom is 0.259 e. The zero-order valence-electron chi connectivity index (χ0n) is 15.1. The van der Waals surface area contributed by atoms with Crippen LogP contribution in [-0.4, -0.2) is 24.9 Å². The lowest BCUT2D eigenvalue weighted by atomic mass is 10.1. The SMILES string of the molecule is C=c1cc(-c2ccc(/C=C(\C#N)C(N)=O)o2)cc/c1=C/C(=C\C)N(C)C. The van der Waals surface area contributed by atoms with Gasteiger partial charge in [-0.3, -0.25) is 4.79 Å². The van der Waals surface area contributed by atoms with E-state index < -0.39 is 5.91 Å². The van der Waals surface area contributed by atoms with E-state index >= 15 is 0 Å². The molecule has 5 nitrogen and oxygen atoms in total. The molecule has 0 aliphatic heterocycles. The third-order valence-corrected chi connectivity index (χ3v) is 3.84. The van der Waals surface area contributed by atoms with Crippen molar-refractivity contribution in [3.8, 4) is 17.4 Å². The Balaban J connectivity index is 2.40. The molecule has 0 unspecified atom stereocenters. The Labute approximate surface area is 152 Å². The van der Waals surface area contributed by atoms with Gasteiger partial charge >= 0.3 is 0 Å². The second-order valence-corrected chi connectivity index (χ2v) is 5.90. The Bertz CT molecular complexity index is 1030. The number of hydrogen-bond donors (Lipinski definition) is 1. The van der Waals surface area contributed by atoms with Crippen LogP contribution in [0.1, 0.15) is 12.7 Å². The fourth-order valence-electron chi connectivity index (χ4n) is 2.42. The molecule has 0 aliphatic rings. The van der Waals surface area contributed by atoms with Gasteiger partial charge in [0.15, 0.2) is 0 Å². The minimum absolute atomic E-state index is 0.156. The van der Waals surface area contributed by atoms with Gasteiger partial charge in [0, 0.05) is 31.4 Å². The summed E-state index contributed by atoms with van der Waals surface area (Å²) >= 11 is 0. The first kappa shape index (κ1) is 18.8. The molecule has 0 aliphatic carbocycles. The summed E-state index contributed by atoms with van der Waals surface area (Å²) in [6.07, 6.45) is 5.42. The van der Waals surface area contributed by atoms with Gasteiger partial charge in [-0.2, -0.15) is 5.26 Å². The monoisotopic (exact) mass is 347 g/mol. The summed E-state index contributed by atoms with van der Waals surface area (Å²) in [5, 5.41) is 10.8. The van der Waals surface area contributed by atoms with Gasteiger partial charge in [-0.1, -0.05) is 24.8 Å². The van der Waals surface area contributed by atoms with Crippen molar-refractivity contribution in [1.82, 2.24) is 4.90 Å².